The van der Waals surface area contributed by atoms with E-state index in [0.29, 0.717) is 5.39 Å². The summed E-state index contributed by atoms with van der Waals surface area (Å²) < 4.78 is 25.9. The second-order valence-corrected chi connectivity index (χ2v) is 3.43. The number of hydrogen-bond acceptors (Lipinski definition) is 1. The largest absolute Gasteiger partial charge is 0.264 e. The van der Waals surface area contributed by atoms with E-state index in [1.807, 2.05) is 34.6 Å². The first kappa shape index (κ1) is 21.4. The highest BCUT2D eigenvalue weighted by atomic mass is 19.2. The van der Waals surface area contributed by atoms with Gasteiger partial charge in [0.2, 0.25) is 0 Å². The third-order valence-corrected chi connectivity index (χ3v) is 2.26. The average Bonchev–Trinajstić information content (AvgIpc) is 2.53. The van der Waals surface area contributed by atoms with E-state index in [1.165, 1.54) is 18.3 Å². The van der Waals surface area contributed by atoms with Crippen molar-refractivity contribution in [1.29, 1.82) is 0 Å². The van der Waals surface area contributed by atoms with Crippen LogP contribution in [0.1, 0.15) is 47.1 Å². The number of aryl methyl sites for hydroxylation is 1. The molecule has 0 fully saturated rings. The summed E-state index contributed by atoms with van der Waals surface area (Å²) >= 11 is 0. The quantitative estimate of drug-likeness (QED) is 0.608. The van der Waals surface area contributed by atoms with Crippen LogP contribution in [0.3, 0.4) is 0 Å². The topological polar surface area (TPSA) is 12.9 Å². The summed E-state index contributed by atoms with van der Waals surface area (Å²) in [5.74, 6) is 0.617. The van der Waals surface area contributed by atoms with Crippen LogP contribution in [0.25, 0.3) is 10.8 Å². The van der Waals surface area contributed by atoms with Crippen LogP contribution in [0.5, 0.6) is 0 Å². The monoisotopic (exact) mass is 293 g/mol. The first-order chi connectivity index (χ1) is 10.1. The van der Waals surface area contributed by atoms with E-state index < -0.39 is 11.6 Å². The number of rotatable bonds is 1. The van der Waals surface area contributed by atoms with Crippen molar-refractivity contribution in [1.82, 2.24) is 4.98 Å². The smallest absolute Gasteiger partial charge is 0.159 e. The summed E-state index contributed by atoms with van der Waals surface area (Å²) in [5.41, 5.74) is 0.932. The zero-order valence-corrected chi connectivity index (χ0v) is 13.8. The molecule has 2 rings (SSSR count). The van der Waals surface area contributed by atoms with Crippen molar-refractivity contribution in [3.63, 3.8) is 0 Å². The molecular formula is C18H25F2N. The fraction of sp³-hybridized carbons (Fsp3) is 0.389. The summed E-state index contributed by atoms with van der Waals surface area (Å²) in [6, 6.07) is 2.40. The van der Waals surface area contributed by atoms with E-state index in [-0.39, 0.29) is 0 Å². The summed E-state index contributed by atoms with van der Waals surface area (Å²) in [6.07, 6.45) is 8.58. The van der Waals surface area contributed by atoms with Gasteiger partial charge >= 0.3 is 0 Å². The molecule has 0 N–H and O–H groups in total. The highest BCUT2D eigenvalue weighted by Crippen LogP contribution is 2.21. The summed E-state index contributed by atoms with van der Waals surface area (Å²) in [7, 11) is 0. The van der Waals surface area contributed by atoms with Gasteiger partial charge in [0.25, 0.3) is 0 Å². The molecule has 0 unspecified atom stereocenters. The first-order valence-electron chi connectivity index (χ1n) is 7.23. The minimum atomic E-state index is -0.826. The third-order valence-electron chi connectivity index (χ3n) is 2.26. The number of pyridine rings is 1. The number of halogens is 2. The molecule has 0 saturated heterocycles. The molecule has 0 bridgehead atoms. The summed E-state index contributed by atoms with van der Waals surface area (Å²) in [4.78, 5) is 3.97. The second kappa shape index (κ2) is 13.1. The van der Waals surface area contributed by atoms with Crippen molar-refractivity contribution in [3.05, 3.63) is 41.7 Å². The van der Waals surface area contributed by atoms with E-state index in [2.05, 4.69) is 17.3 Å². The van der Waals surface area contributed by atoms with Gasteiger partial charge in [-0.15, -0.1) is 12.3 Å². The number of aromatic nitrogens is 1. The molecule has 1 nitrogen and oxygen atoms in total. The Bertz CT molecular complexity index is 557. The van der Waals surface area contributed by atoms with Gasteiger partial charge in [0.15, 0.2) is 11.6 Å². The molecule has 0 aliphatic carbocycles. The average molecular weight is 293 g/mol. The van der Waals surface area contributed by atoms with Crippen LogP contribution in [0.2, 0.25) is 0 Å². The van der Waals surface area contributed by atoms with Crippen LogP contribution < -0.4 is 0 Å². The molecule has 116 valence electrons. The highest BCUT2D eigenvalue weighted by molar-refractivity contribution is 5.84. The lowest BCUT2D eigenvalue weighted by Crippen LogP contribution is -1.90. The van der Waals surface area contributed by atoms with Gasteiger partial charge in [0.05, 0.1) is 0 Å². The molecule has 0 saturated carbocycles. The van der Waals surface area contributed by atoms with Crippen LogP contribution in [0.4, 0.5) is 8.78 Å². The van der Waals surface area contributed by atoms with Crippen LogP contribution in [-0.2, 0) is 6.42 Å². The number of fused-ring (bicyclic) bond motifs is 1. The van der Waals surface area contributed by atoms with Crippen LogP contribution in [0, 0.1) is 24.0 Å². The van der Waals surface area contributed by atoms with Crippen molar-refractivity contribution in [2.45, 2.75) is 48.0 Å². The molecule has 1 heterocycles. The first-order valence-corrected chi connectivity index (χ1v) is 7.23. The maximum Gasteiger partial charge on any atom is 0.159 e. The molecular weight excluding hydrogens is 268 g/mol. The maximum absolute atomic E-state index is 13.0. The lowest BCUT2D eigenvalue weighted by atomic mass is 10.1. The van der Waals surface area contributed by atoms with Crippen LogP contribution >= 0.6 is 0 Å². The minimum absolute atomic E-state index is 0.642. The van der Waals surface area contributed by atoms with Crippen LogP contribution in [-0.4, -0.2) is 4.98 Å². The molecule has 2 aromatic rings. The highest BCUT2D eigenvalue weighted by Gasteiger charge is 2.06. The normalized spacial score (nSPS) is 8.14. The van der Waals surface area contributed by atoms with Gasteiger partial charge in [0.1, 0.15) is 0 Å². The predicted molar refractivity (Wildman–Crippen MR) is 88.2 cm³/mol. The zero-order chi connectivity index (χ0) is 16.8. The van der Waals surface area contributed by atoms with Gasteiger partial charge < -0.3 is 0 Å². The molecule has 0 amide bonds. The fourth-order valence-electron chi connectivity index (χ4n) is 1.51. The second-order valence-electron chi connectivity index (χ2n) is 3.43. The molecule has 0 aliphatic heterocycles. The Hall–Kier alpha value is -1.95. The van der Waals surface area contributed by atoms with Crippen molar-refractivity contribution in [2.24, 2.45) is 0 Å². The van der Waals surface area contributed by atoms with E-state index in [9.17, 15) is 8.78 Å². The number of terminal acetylenes is 1. The SMILES string of the molecule is C#CC.CC.CC.CCc1cncc2cc(F)c(F)cc12. The molecule has 1 aromatic carbocycles. The van der Waals surface area contributed by atoms with Gasteiger partial charge in [-0.2, -0.15) is 0 Å². The van der Waals surface area contributed by atoms with Crippen molar-refractivity contribution in [2.75, 3.05) is 0 Å². The Labute approximate surface area is 127 Å². The molecule has 3 heteroatoms. The predicted octanol–water partition coefficient (Wildman–Crippen LogP) is 5.77. The Kier molecular flexibility index (Phi) is 13.3. The standard InChI is InChI=1S/C11H9F2N.C3H4.2C2H6/c1-2-7-5-14-6-8-3-10(12)11(13)4-9(7)8;1-3-2;2*1-2/h3-6H,2H2,1H3;1H,2H3;2*1-2H3. The van der Waals surface area contributed by atoms with Gasteiger partial charge in [0, 0.05) is 17.8 Å². The van der Waals surface area contributed by atoms with Crippen LogP contribution in [0.15, 0.2) is 24.5 Å². The van der Waals surface area contributed by atoms with Gasteiger partial charge in [-0.05, 0) is 36.4 Å². The molecule has 0 atom stereocenters. The Morgan fingerprint density at radius 3 is 2.00 bits per heavy atom. The van der Waals surface area contributed by atoms with E-state index >= 15 is 0 Å². The van der Waals surface area contributed by atoms with E-state index in [0.717, 1.165) is 17.4 Å². The molecule has 0 spiro atoms. The molecule has 1 aromatic heterocycles. The Morgan fingerprint density at radius 2 is 1.52 bits per heavy atom. The number of nitrogens with zero attached hydrogens (tertiary/aromatic N) is 1. The summed E-state index contributed by atoms with van der Waals surface area (Å²) in [6.45, 7) is 11.6. The molecule has 0 aliphatic rings. The fourth-order valence-corrected chi connectivity index (χ4v) is 1.51. The lowest BCUT2D eigenvalue weighted by Gasteiger charge is -2.03. The van der Waals surface area contributed by atoms with E-state index in [4.69, 9.17) is 0 Å². The Morgan fingerprint density at radius 1 is 1.05 bits per heavy atom. The number of benzene rings is 1. The zero-order valence-electron chi connectivity index (χ0n) is 13.8. The number of hydrogen-bond donors (Lipinski definition) is 0. The van der Waals surface area contributed by atoms with Gasteiger partial charge in [-0.1, -0.05) is 34.6 Å². The Balaban J connectivity index is 0. The third kappa shape index (κ3) is 6.85. The molecule has 21 heavy (non-hydrogen) atoms. The van der Waals surface area contributed by atoms with Crippen molar-refractivity contribution < 1.29 is 8.78 Å². The van der Waals surface area contributed by atoms with Gasteiger partial charge in [-0.25, -0.2) is 8.78 Å². The summed E-state index contributed by atoms with van der Waals surface area (Å²) in [5, 5.41) is 1.38. The van der Waals surface area contributed by atoms with Crippen molar-refractivity contribution in [3.8, 4) is 12.3 Å². The molecule has 0 radical (unpaired) electrons. The van der Waals surface area contributed by atoms with Gasteiger partial charge in [-0.3, -0.25) is 4.98 Å². The van der Waals surface area contributed by atoms with Crippen molar-refractivity contribution >= 4 is 10.8 Å². The maximum atomic E-state index is 13.0. The minimum Gasteiger partial charge on any atom is -0.264 e. The van der Waals surface area contributed by atoms with E-state index in [1.54, 1.807) is 13.1 Å². The lowest BCUT2D eigenvalue weighted by molar-refractivity contribution is 0.511.